The number of nitrogens with one attached hydrogen (secondary N) is 2. The molecule has 2 N–H and O–H groups in total. The van der Waals surface area contributed by atoms with E-state index < -0.39 is 16.2 Å². The molecular formula is C22H19N5O4. The number of aryl methyl sites for hydroxylation is 2. The quantitative estimate of drug-likeness (QED) is 0.501. The number of amides is 1. The normalized spacial score (nSPS) is 19.0. The van der Waals surface area contributed by atoms with Crippen molar-refractivity contribution < 1.29 is 14.5 Å². The van der Waals surface area contributed by atoms with Crippen molar-refractivity contribution in [3.8, 4) is 11.6 Å². The molecule has 2 aliphatic rings. The van der Waals surface area contributed by atoms with Gasteiger partial charge >= 0.3 is 5.70 Å². The van der Waals surface area contributed by atoms with Gasteiger partial charge in [0.1, 0.15) is 0 Å². The van der Waals surface area contributed by atoms with Crippen molar-refractivity contribution in [1.82, 2.24) is 15.1 Å². The van der Waals surface area contributed by atoms with Crippen molar-refractivity contribution in [2.75, 3.05) is 12.4 Å². The lowest BCUT2D eigenvalue weighted by Crippen LogP contribution is -2.46. The number of benzene rings is 2. The molecule has 1 spiro atoms. The van der Waals surface area contributed by atoms with E-state index in [4.69, 9.17) is 4.74 Å². The molecule has 156 valence electrons. The summed E-state index contributed by atoms with van der Waals surface area (Å²) in [6, 6.07) is 14.7. The molecule has 0 radical (unpaired) electrons. The molecule has 1 atom stereocenters. The van der Waals surface area contributed by atoms with Crippen LogP contribution < -0.4 is 15.4 Å². The molecule has 5 rings (SSSR count). The van der Waals surface area contributed by atoms with E-state index in [0.717, 1.165) is 5.56 Å². The van der Waals surface area contributed by atoms with Crippen LogP contribution in [0.1, 0.15) is 22.4 Å². The summed E-state index contributed by atoms with van der Waals surface area (Å²) in [7, 11) is 1.53. The van der Waals surface area contributed by atoms with Crippen LogP contribution in [0.5, 0.6) is 5.88 Å². The van der Waals surface area contributed by atoms with Gasteiger partial charge in [-0.2, -0.15) is 5.10 Å². The number of anilines is 1. The second-order valence-electron chi connectivity index (χ2n) is 7.50. The molecule has 9 nitrogen and oxygen atoms in total. The summed E-state index contributed by atoms with van der Waals surface area (Å²) < 4.78 is 7.57. The van der Waals surface area contributed by atoms with Gasteiger partial charge in [0.05, 0.1) is 21.9 Å². The Hall–Kier alpha value is -4.14. The predicted octanol–water partition coefficient (Wildman–Crippen LogP) is 2.78. The van der Waals surface area contributed by atoms with E-state index in [0.29, 0.717) is 28.2 Å². The average Bonchev–Trinajstić information content (AvgIpc) is 3.24. The number of nitrogens with zero attached hydrogens (tertiary/aromatic N) is 3. The lowest BCUT2D eigenvalue weighted by atomic mass is 9.70. The Morgan fingerprint density at radius 1 is 1.13 bits per heavy atom. The fraction of sp³-hybridized carbons (Fsp3) is 0.182. The molecule has 0 fully saturated rings. The average molecular weight is 417 g/mol. The first-order valence-corrected chi connectivity index (χ1v) is 9.73. The Morgan fingerprint density at radius 2 is 1.87 bits per heavy atom. The van der Waals surface area contributed by atoms with Crippen LogP contribution in [-0.2, 0) is 10.2 Å². The Morgan fingerprint density at radius 3 is 2.55 bits per heavy atom. The molecule has 0 bridgehead atoms. The number of ether oxygens (including phenoxy) is 1. The second kappa shape index (κ2) is 6.43. The summed E-state index contributed by atoms with van der Waals surface area (Å²) in [4.78, 5) is 25.5. The van der Waals surface area contributed by atoms with Gasteiger partial charge in [-0.15, -0.1) is 0 Å². The van der Waals surface area contributed by atoms with Crippen molar-refractivity contribution in [1.29, 1.82) is 0 Å². The van der Waals surface area contributed by atoms with Crippen molar-refractivity contribution >= 4 is 11.6 Å². The molecule has 0 saturated heterocycles. The predicted molar refractivity (Wildman–Crippen MR) is 113 cm³/mol. The van der Waals surface area contributed by atoms with Crippen molar-refractivity contribution in [2.24, 2.45) is 0 Å². The fourth-order valence-corrected chi connectivity index (χ4v) is 4.66. The highest BCUT2D eigenvalue weighted by Gasteiger charge is 2.65. The van der Waals surface area contributed by atoms with Crippen molar-refractivity contribution in [3.05, 3.63) is 92.6 Å². The summed E-state index contributed by atoms with van der Waals surface area (Å²) in [5.74, 6) is -0.331. The van der Waals surface area contributed by atoms with Crippen LogP contribution in [0.25, 0.3) is 5.69 Å². The molecule has 31 heavy (non-hydrogen) atoms. The molecule has 3 aromatic rings. The number of carbonyl (C=O) groups excluding carboxylic acids is 1. The number of rotatable bonds is 3. The van der Waals surface area contributed by atoms with Gasteiger partial charge < -0.3 is 15.4 Å². The van der Waals surface area contributed by atoms with Crippen LogP contribution in [-0.4, -0.2) is 27.7 Å². The lowest BCUT2D eigenvalue weighted by Gasteiger charge is -2.31. The molecule has 1 aromatic heterocycles. The monoisotopic (exact) mass is 417 g/mol. The van der Waals surface area contributed by atoms with Gasteiger partial charge in [0.2, 0.25) is 11.3 Å². The number of aromatic nitrogens is 2. The largest absolute Gasteiger partial charge is 0.416 e. The van der Waals surface area contributed by atoms with Crippen LogP contribution in [0.4, 0.5) is 5.69 Å². The van der Waals surface area contributed by atoms with E-state index in [1.807, 2.05) is 49.4 Å². The van der Waals surface area contributed by atoms with Crippen molar-refractivity contribution in [2.45, 2.75) is 19.3 Å². The third kappa shape index (κ3) is 2.31. The van der Waals surface area contributed by atoms with Gasteiger partial charge in [-0.05, 0) is 37.6 Å². The standard InChI is InChI=1S/C22H19N5O4/c1-12-8-7-11-15-16(12)22(21(28)24-15)17-13(2)25-26(14-9-5-4-6-10-14)20(17)31-19(23-3)18(22)27(29)30/h4-11,23H,1-3H3,(H,24,28). The van der Waals surface area contributed by atoms with E-state index in [-0.39, 0.29) is 17.5 Å². The zero-order chi connectivity index (χ0) is 21.9. The first-order chi connectivity index (χ1) is 14.9. The molecule has 0 saturated carbocycles. The summed E-state index contributed by atoms with van der Waals surface area (Å²) >= 11 is 0. The molecule has 2 aliphatic heterocycles. The topological polar surface area (TPSA) is 111 Å². The highest BCUT2D eigenvalue weighted by molar-refractivity contribution is 6.12. The van der Waals surface area contributed by atoms with E-state index >= 15 is 0 Å². The molecule has 9 heteroatoms. The van der Waals surface area contributed by atoms with E-state index in [9.17, 15) is 14.9 Å². The zero-order valence-corrected chi connectivity index (χ0v) is 17.1. The summed E-state index contributed by atoms with van der Waals surface area (Å²) in [6.07, 6.45) is 0. The van der Waals surface area contributed by atoms with E-state index in [1.54, 1.807) is 17.7 Å². The molecule has 1 unspecified atom stereocenters. The highest BCUT2D eigenvalue weighted by atomic mass is 16.6. The lowest BCUT2D eigenvalue weighted by molar-refractivity contribution is -0.436. The highest BCUT2D eigenvalue weighted by Crippen LogP contribution is 2.55. The maximum Gasteiger partial charge on any atom is 0.330 e. The first-order valence-electron chi connectivity index (χ1n) is 9.73. The number of fused-ring (bicyclic) bond motifs is 4. The minimum atomic E-state index is -1.70. The van der Waals surface area contributed by atoms with Crippen molar-refractivity contribution in [3.63, 3.8) is 0 Å². The smallest absolute Gasteiger partial charge is 0.330 e. The molecule has 2 aromatic carbocycles. The summed E-state index contributed by atoms with van der Waals surface area (Å²) in [5.41, 5.74) is 1.33. The van der Waals surface area contributed by atoms with Gasteiger partial charge in [0.15, 0.2) is 0 Å². The molecule has 0 aliphatic carbocycles. The molecule has 1 amide bonds. The van der Waals surface area contributed by atoms with Crippen LogP contribution in [0.15, 0.2) is 60.1 Å². The number of carbonyl (C=O) groups is 1. The minimum Gasteiger partial charge on any atom is -0.416 e. The minimum absolute atomic E-state index is 0.0964. The van der Waals surface area contributed by atoms with Crippen LogP contribution in [0.2, 0.25) is 0 Å². The number of hydrogen-bond donors (Lipinski definition) is 2. The molecule has 3 heterocycles. The maximum absolute atomic E-state index is 13.6. The van der Waals surface area contributed by atoms with E-state index in [2.05, 4.69) is 15.7 Å². The van der Waals surface area contributed by atoms with Crippen LogP contribution in [0.3, 0.4) is 0 Å². The number of para-hydroxylation sites is 1. The van der Waals surface area contributed by atoms with E-state index in [1.165, 1.54) is 7.05 Å². The Balaban J connectivity index is 1.95. The fourth-order valence-electron chi connectivity index (χ4n) is 4.66. The summed E-state index contributed by atoms with van der Waals surface area (Å²) in [5, 5.41) is 22.6. The van der Waals surface area contributed by atoms with Gasteiger partial charge in [-0.1, -0.05) is 30.3 Å². The number of nitro groups is 1. The third-order valence-corrected chi connectivity index (χ3v) is 5.81. The Labute approximate surface area is 177 Å². The Bertz CT molecular complexity index is 1290. The van der Waals surface area contributed by atoms with Gasteiger partial charge in [0.25, 0.3) is 11.8 Å². The van der Waals surface area contributed by atoms with Gasteiger partial charge in [-0.25, -0.2) is 4.68 Å². The maximum atomic E-state index is 13.6. The third-order valence-electron chi connectivity index (χ3n) is 5.81. The number of hydrogen-bond acceptors (Lipinski definition) is 6. The Kier molecular flexibility index (Phi) is 3.91. The van der Waals surface area contributed by atoms with Gasteiger partial charge in [0, 0.05) is 18.3 Å². The van der Waals surface area contributed by atoms with Crippen LogP contribution >= 0.6 is 0 Å². The molecular weight excluding hydrogens is 398 g/mol. The second-order valence-corrected chi connectivity index (χ2v) is 7.50. The zero-order valence-electron chi connectivity index (χ0n) is 17.1. The van der Waals surface area contributed by atoms with Crippen LogP contribution in [0, 0.1) is 24.0 Å². The first kappa shape index (κ1) is 18.9. The van der Waals surface area contributed by atoms with Gasteiger partial charge in [-0.3, -0.25) is 14.9 Å². The SMILES string of the molecule is CNC1=C([N+](=O)[O-])C2(C(=O)Nc3cccc(C)c32)c2c(C)nn(-c3ccccc3)c2O1. The summed E-state index contributed by atoms with van der Waals surface area (Å²) in [6.45, 7) is 3.57.